The second-order valence-electron chi connectivity index (χ2n) is 5.71. The van der Waals surface area contributed by atoms with Crippen LogP contribution in [0.25, 0.3) is 0 Å². The number of rotatable bonds is 3. The Kier molecular flexibility index (Phi) is 4.82. The van der Waals surface area contributed by atoms with Crippen LogP contribution >= 0.6 is 12.4 Å². The van der Waals surface area contributed by atoms with Crippen LogP contribution in [0.3, 0.4) is 0 Å². The Bertz CT molecular complexity index is 656. The molecular weight excluding hydrogens is 312 g/mol. The van der Waals surface area contributed by atoms with E-state index in [2.05, 4.69) is 10.1 Å². The molecule has 1 aromatic carbocycles. The van der Waals surface area contributed by atoms with Crippen molar-refractivity contribution < 1.29 is 13.3 Å². The monoisotopic (exact) mass is 329 g/mol. The highest BCUT2D eigenvalue weighted by Crippen LogP contribution is 2.35. The van der Waals surface area contributed by atoms with Crippen molar-refractivity contribution in [2.45, 2.75) is 44.1 Å². The van der Waals surface area contributed by atoms with E-state index in [0.29, 0.717) is 17.3 Å². The van der Waals surface area contributed by atoms with Crippen LogP contribution < -0.4 is 5.73 Å². The van der Waals surface area contributed by atoms with Gasteiger partial charge in [-0.25, -0.2) is 8.78 Å². The molecule has 2 N–H and O–H groups in total. The molecule has 0 saturated heterocycles. The van der Waals surface area contributed by atoms with Gasteiger partial charge in [-0.05, 0) is 37.5 Å². The second kappa shape index (κ2) is 6.30. The van der Waals surface area contributed by atoms with E-state index in [1.54, 1.807) is 0 Å². The highest BCUT2D eigenvalue weighted by molar-refractivity contribution is 5.85. The van der Waals surface area contributed by atoms with E-state index >= 15 is 0 Å². The fourth-order valence-corrected chi connectivity index (χ4v) is 2.77. The molecule has 2 aromatic rings. The first kappa shape index (κ1) is 16.8. The molecule has 4 nitrogen and oxygen atoms in total. The number of benzene rings is 1. The molecule has 1 aliphatic rings. The first-order valence-corrected chi connectivity index (χ1v) is 7.07. The Balaban J connectivity index is 0.00000176. The number of nitrogens with two attached hydrogens (primary N) is 1. The Labute approximate surface area is 133 Å². The van der Waals surface area contributed by atoms with Crippen molar-refractivity contribution in [3.8, 4) is 0 Å². The average Bonchev–Trinajstić information content (AvgIpc) is 3.11. The average molecular weight is 330 g/mol. The quantitative estimate of drug-likeness (QED) is 0.933. The Morgan fingerprint density at radius 2 is 1.91 bits per heavy atom. The van der Waals surface area contributed by atoms with Gasteiger partial charge in [-0.15, -0.1) is 12.4 Å². The normalized spacial score (nSPS) is 18.0. The third kappa shape index (κ3) is 2.98. The first-order valence-electron chi connectivity index (χ1n) is 7.07. The molecule has 1 fully saturated rings. The molecule has 1 atom stereocenters. The van der Waals surface area contributed by atoms with Crippen molar-refractivity contribution in [3.63, 3.8) is 0 Å². The molecule has 1 heterocycles. The maximum Gasteiger partial charge on any atom is 0.233 e. The van der Waals surface area contributed by atoms with E-state index in [9.17, 15) is 8.78 Å². The maximum atomic E-state index is 13.3. The van der Waals surface area contributed by atoms with Crippen molar-refractivity contribution >= 4 is 12.4 Å². The van der Waals surface area contributed by atoms with Gasteiger partial charge < -0.3 is 10.3 Å². The van der Waals surface area contributed by atoms with Gasteiger partial charge in [-0.2, -0.15) is 4.98 Å². The minimum Gasteiger partial charge on any atom is -0.339 e. The lowest BCUT2D eigenvalue weighted by Crippen LogP contribution is -2.34. The van der Waals surface area contributed by atoms with Crippen LogP contribution in [0.2, 0.25) is 0 Å². The highest BCUT2D eigenvalue weighted by atomic mass is 35.5. The summed E-state index contributed by atoms with van der Waals surface area (Å²) in [5.41, 5.74) is 6.35. The van der Waals surface area contributed by atoms with Gasteiger partial charge in [0.15, 0.2) is 17.5 Å². The molecule has 0 spiro atoms. The summed E-state index contributed by atoms with van der Waals surface area (Å²) in [5.74, 6) is -1.20. The SMILES string of the molecule is CC(c1ccc(F)c(F)c1)c1nc(C2(N)CCCC2)no1.Cl. The smallest absolute Gasteiger partial charge is 0.233 e. The zero-order valence-corrected chi connectivity index (χ0v) is 13.0. The number of hydrogen-bond donors (Lipinski definition) is 1. The van der Waals surface area contributed by atoms with Crippen molar-refractivity contribution in [2.75, 3.05) is 0 Å². The summed E-state index contributed by atoms with van der Waals surface area (Å²) in [4.78, 5) is 4.37. The van der Waals surface area contributed by atoms with Crippen LogP contribution in [0.5, 0.6) is 0 Å². The third-order valence-corrected chi connectivity index (χ3v) is 4.20. The van der Waals surface area contributed by atoms with Crippen LogP contribution in [0.4, 0.5) is 8.78 Å². The number of aromatic nitrogens is 2. The molecule has 120 valence electrons. The number of hydrogen-bond acceptors (Lipinski definition) is 4. The fraction of sp³-hybridized carbons (Fsp3) is 0.467. The van der Waals surface area contributed by atoms with Gasteiger partial charge in [0.2, 0.25) is 5.89 Å². The largest absolute Gasteiger partial charge is 0.339 e. The zero-order chi connectivity index (χ0) is 15.0. The number of halogens is 3. The molecule has 3 rings (SSSR count). The van der Waals surface area contributed by atoms with E-state index in [1.807, 2.05) is 6.92 Å². The second-order valence-corrected chi connectivity index (χ2v) is 5.71. The molecule has 22 heavy (non-hydrogen) atoms. The lowest BCUT2D eigenvalue weighted by atomic mass is 9.98. The first-order chi connectivity index (χ1) is 9.99. The Hall–Kier alpha value is -1.53. The van der Waals surface area contributed by atoms with Gasteiger partial charge in [-0.1, -0.05) is 24.1 Å². The van der Waals surface area contributed by atoms with Gasteiger partial charge in [0.1, 0.15) is 0 Å². The molecule has 7 heteroatoms. The van der Waals surface area contributed by atoms with Crippen molar-refractivity contribution in [1.82, 2.24) is 10.1 Å². The molecular formula is C15H18ClF2N3O. The van der Waals surface area contributed by atoms with E-state index < -0.39 is 17.2 Å². The van der Waals surface area contributed by atoms with Gasteiger partial charge >= 0.3 is 0 Å². The van der Waals surface area contributed by atoms with E-state index in [1.165, 1.54) is 6.07 Å². The van der Waals surface area contributed by atoms with E-state index in [-0.39, 0.29) is 18.3 Å². The Morgan fingerprint density at radius 1 is 1.23 bits per heavy atom. The van der Waals surface area contributed by atoms with E-state index in [4.69, 9.17) is 10.3 Å². The van der Waals surface area contributed by atoms with E-state index in [0.717, 1.165) is 37.8 Å². The third-order valence-electron chi connectivity index (χ3n) is 4.20. The highest BCUT2D eigenvalue weighted by Gasteiger charge is 2.36. The molecule has 1 aliphatic carbocycles. The maximum absolute atomic E-state index is 13.3. The molecule has 1 aromatic heterocycles. The minimum atomic E-state index is -0.884. The van der Waals surface area contributed by atoms with Gasteiger partial charge in [0.25, 0.3) is 0 Å². The summed E-state index contributed by atoms with van der Waals surface area (Å²) in [5, 5.41) is 3.98. The van der Waals surface area contributed by atoms with Crippen molar-refractivity contribution in [2.24, 2.45) is 5.73 Å². The number of nitrogens with zero attached hydrogens (tertiary/aromatic N) is 2. The fourth-order valence-electron chi connectivity index (χ4n) is 2.77. The standard InChI is InChI=1S/C15H17F2N3O.ClH/c1-9(10-4-5-11(16)12(17)8-10)13-19-14(20-21-13)15(18)6-2-3-7-15;/h4-5,8-9H,2-3,6-7,18H2,1H3;1H. The zero-order valence-electron chi connectivity index (χ0n) is 12.2. The van der Waals surface area contributed by atoms with Gasteiger partial charge in [0, 0.05) is 0 Å². The predicted molar refractivity (Wildman–Crippen MR) is 79.8 cm³/mol. The minimum absolute atomic E-state index is 0. The lowest BCUT2D eigenvalue weighted by Gasteiger charge is -2.17. The molecule has 0 aliphatic heterocycles. The van der Waals surface area contributed by atoms with Crippen LogP contribution in [0.1, 0.15) is 55.8 Å². The molecule has 0 amide bonds. The van der Waals surface area contributed by atoms with Crippen molar-refractivity contribution in [3.05, 3.63) is 47.1 Å². The summed E-state index contributed by atoms with van der Waals surface area (Å²) in [6, 6.07) is 3.76. The summed E-state index contributed by atoms with van der Waals surface area (Å²) in [7, 11) is 0. The topological polar surface area (TPSA) is 64.9 Å². The summed E-state index contributed by atoms with van der Waals surface area (Å²) >= 11 is 0. The predicted octanol–water partition coefficient (Wildman–Crippen LogP) is 3.65. The molecule has 1 saturated carbocycles. The van der Waals surface area contributed by atoms with Crippen LogP contribution in [-0.4, -0.2) is 10.1 Å². The molecule has 0 bridgehead atoms. The molecule has 1 unspecified atom stereocenters. The summed E-state index contributed by atoms with van der Waals surface area (Å²) in [6.07, 6.45) is 3.79. The van der Waals surface area contributed by atoms with Crippen LogP contribution in [0.15, 0.2) is 22.7 Å². The van der Waals surface area contributed by atoms with Gasteiger partial charge in [0.05, 0.1) is 11.5 Å². The van der Waals surface area contributed by atoms with Crippen LogP contribution in [-0.2, 0) is 5.54 Å². The van der Waals surface area contributed by atoms with Gasteiger partial charge in [-0.3, -0.25) is 0 Å². The molecule has 0 radical (unpaired) electrons. The van der Waals surface area contributed by atoms with Crippen LogP contribution in [0, 0.1) is 11.6 Å². The summed E-state index contributed by atoms with van der Waals surface area (Å²) in [6.45, 7) is 1.81. The lowest BCUT2D eigenvalue weighted by molar-refractivity contribution is 0.343. The summed E-state index contributed by atoms with van der Waals surface area (Å²) < 4.78 is 31.6. The van der Waals surface area contributed by atoms with Crippen molar-refractivity contribution in [1.29, 1.82) is 0 Å². The Morgan fingerprint density at radius 3 is 2.55 bits per heavy atom.